The number of hydrogen-bond acceptors (Lipinski definition) is 3. The molecule has 98 valence electrons. The van der Waals surface area contributed by atoms with Crippen LogP contribution in [0.3, 0.4) is 0 Å². The second-order valence-electron chi connectivity index (χ2n) is 4.95. The van der Waals surface area contributed by atoms with Crippen LogP contribution < -0.4 is 10.1 Å². The molecule has 1 unspecified atom stereocenters. The Bertz CT molecular complexity index is 454. The maximum absolute atomic E-state index is 11.9. The number of rotatable bonds is 4. The van der Waals surface area contributed by atoms with Gasteiger partial charge in [0, 0.05) is 18.5 Å². The summed E-state index contributed by atoms with van der Waals surface area (Å²) in [6.07, 6.45) is 1.45. The second kappa shape index (κ2) is 4.98. The van der Waals surface area contributed by atoms with E-state index in [1.54, 1.807) is 13.0 Å². The monoisotopic (exact) mass is 249 g/mol. The average molecular weight is 249 g/mol. The highest BCUT2D eigenvalue weighted by molar-refractivity contribution is 5.94. The third-order valence-corrected chi connectivity index (χ3v) is 3.34. The van der Waals surface area contributed by atoms with Crippen molar-refractivity contribution >= 4 is 5.91 Å². The minimum Gasteiger partial charge on any atom is -0.493 e. The molecule has 0 bridgehead atoms. The molecule has 1 aliphatic rings. The summed E-state index contributed by atoms with van der Waals surface area (Å²) in [7, 11) is 0. The number of fused-ring (bicyclic) bond motifs is 1. The Morgan fingerprint density at radius 2 is 2.33 bits per heavy atom. The van der Waals surface area contributed by atoms with E-state index in [2.05, 4.69) is 5.32 Å². The summed E-state index contributed by atoms with van der Waals surface area (Å²) in [4.78, 5) is 11.9. The smallest absolute Gasteiger partial charge is 0.251 e. The molecule has 1 aliphatic heterocycles. The second-order valence-corrected chi connectivity index (χ2v) is 4.95. The predicted octanol–water partition coefficient (Wildman–Crippen LogP) is 1.51. The van der Waals surface area contributed by atoms with Gasteiger partial charge >= 0.3 is 0 Å². The third kappa shape index (κ3) is 2.82. The lowest BCUT2D eigenvalue weighted by molar-refractivity contribution is 0.0518. The van der Waals surface area contributed by atoms with Gasteiger partial charge in [-0.15, -0.1) is 0 Å². The molecular formula is C14H19NO3. The molecule has 0 spiro atoms. The molecule has 4 heteroatoms. The Kier molecular flexibility index (Phi) is 3.57. The summed E-state index contributed by atoms with van der Waals surface area (Å²) in [6.45, 7) is 4.55. The molecule has 2 rings (SSSR count). The maximum atomic E-state index is 11.9. The lowest BCUT2D eigenvalue weighted by Gasteiger charge is -2.21. The maximum Gasteiger partial charge on any atom is 0.251 e. The number of amides is 1. The van der Waals surface area contributed by atoms with Crippen LogP contribution in [0.4, 0.5) is 0 Å². The van der Waals surface area contributed by atoms with Crippen molar-refractivity contribution in [3.8, 4) is 5.75 Å². The van der Waals surface area contributed by atoms with Crippen molar-refractivity contribution in [1.82, 2.24) is 5.32 Å². The van der Waals surface area contributed by atoms with Gasteiger partial charge in [-0.2, -0.15) is 0 Å². The standard InChI is InChI=1S/C14H19NO3/c1-3-14(2,17)9-15-13(16)11-4-5-12-10(8-11)6-7-18-12/h4-5,8,17H,3,6-7,9H2,1-2H3,(H,15,16). The van der Waals surface area contributed by atoms with E-state index in [9.17, 15) is 9.90 Å². The zero-order valence-corrected chi connectivity index (χ0v) is 10.8. The van der Waals surface area contributed by atoms with Crippen LogP contribution in [0, 0.1) is 0 Å². The number of hydrogen-bond donors (Lipinski definition) is 2. The van der Waals surface area contributed by atoms with Crippen LogP contribution in [0.5, 0.6) is 5.75 Å². The number of nitrogens with one attached hydrogen (secondary N) is 1. The molecule has 1 aromatic rings. The van der Waals surface area contributed by atoms with Crippen LogP contribution in [0.15, 0.2) is 18.2 Å². The zero-order chi connectivity index (χ0) is 13.2. The minimum atomic E-state index is -0.852. The third-order valence-electron chi connectivity index (χ3n) is 3.34. The lowest BCUT2D eigenvalue weighted by atomic mass is 10.0. The Balaban J connectivity index is 2.01. The molecule has 0 fully saturated rings. The van der Waals surface area contributed by atoms with Crippen LogP contribution in [0.25, 0.3) is 0 Å². The molecule has 1 heterocycles. The SMILES string of the molecule is CCC(C)(O)CNC(=O)c1ccc2c(c1)CCO2. The Hall–Kier alpha value is -1.55. The van der Waals surface area contributed by atoms with Gasteiger partial charge in [0.25, 0.3) is 5.91 Å². The number of carbonyl (C=O) groups excluding carboxylic acids is 1. The minimum absolute atomic E-state index is 0.154. The summed E-state index contributed by atoms with van der Waals surface area (Å²) in [5.74, 6) is 0.713. The topological polar surface area (TPSA) is 58.6 Å². The summed E-state index contributed by atoms with van der Waals surface area (Å²) in [6, 6.07) is 5.44. The van der Waals surface area contributed by atoms with Crippen molar-refractivity contribution in [2.24, 2.45) is 0 Å². The highest BCUT2D eigenvalue weighted by atomic mass is 16.5. The van der Waals surface area contributed by atoms with Gasteiger partial charge in [-0.3, -0.25) is 4.79 Å². The fourth-order valence-electron chi connectivity index (χ4n) is 1.83. The van der Waals surface area contributed by atoms with Gasteiger partial charge in [0.05, 0.1) is 12.2 Å². The Morgan fingerprint density at radius 1 is 1.56 bits per heavy atom. The molecule has 2 N–H and O–H groups in total. The Labute approximate surface area is 107 Å². The quantitative estimate of drug-likeness (QED) is 0.850. The van der Waals surface area contributed by atoms with Crippen molar-refractivity contribution in [2.45, 2.75) is 32.3 Å². The first-order valence-corrected chi connectivity index (χ1v) is 6.28. The molecule has 4 nitrogen and oxygen atoms in total. The van der Waals surface area contributed by atoms with E-state index in [1.165, 1.54) is 0 Å². The van der Waals surface area contributed by atoms with Crippen molar-refractivity contribution in [2.75, 3.05) is 13.2 Å². The van der Waals surface area contributed by atoms with Crippen LogP contribution in [0.1, 0.15) is 36.2 Å². The van der Waals surface area contributed by atoms with E-state index in [0.29, 0.717) is 18.6 Å². The molecule has 18 heavy (non-hydrogen) atoms. The molecule has 0 aromatic heterocycles. The number of ether oxygens (including phenoxy) is 1. The fraction of sp³-hybridized carbons (Fsp3) is 0.500. The van der Waals surface area contributed by atoms with E-state index in [1.807, 2.05) is 19.1 Å². The van der Waals surface area contributed by atoms with Gasteiger partial charge < -0.3 is 15.2 Å². The lowest BCUT2D eigenvalue weighted by Crippen LogP contribution is -2.40. The summed E-state index contributed by atoms with van der Waals surface area (Å²) in [5, 5.41) is 12.6. The van der Waals surface area contributed by atoms with Gasteiger partial charge in [0.2, 0.25) is 0 Å². The van der Waals surface area contributed by atoms with Crippen LogP contribution >= 0.6 is 0 Å². The van der Waals surface area contributed by atoms with E-state index in [-0.39, 0.29) is 12.5 Å². The van der Waals surface area contributed by atoms with Crippen LogP contribution in [-0.4, -0.2) is 29.8 Å². The molecule has 1 amide bonds. The first-order valence-electron chi connectivity index (χ1n) is 6.28. The molecule has 1 atom stereocenters. The van der Waals surface area contributed by atoms with Gasteiger partial charge in [0.1, 0.15) is 5.75 Å². The van der Waals surface area contributed by atoms with Gasteiger partial charge in [-0.05, 0) is 37.1 Å². The van der Waals surface area contributed by atoms with E-state index >= 15 is 0 Å². The van der Waals surface area contributed by atoms with Gasteiger partial charge in [-0.1, -0.05) is 6.92 Å². The molecule has 0 saturated carbocycles. The highest BCUT2D eigenvalue weighted by Gasteiger charge is 2.20. The summed E-state index contributed by atoms with van der Waals surface area (Å²) in [5.41, 5.74) is 0.839. The molecule has 0 aliphatic carbocycles. The van der Waals surface area contributed by atoms with Gasteiger partial charge in [-0.25, -0.2) is 0 Å². The first-order chi connectivity index (χ1) is 8.52. The molecule has 0 saturated heterocycles. The summed E-state index contributed by atoms with van der Waals surface area (Å²) >= 11 is 0. The normalized spacial score (nSPS) is 16.6. The highest BCUT2D eigenvalue weighted by Crippen LogP contribution is 2.25. The predicted molar refractivity (Wildman–Crippen MR) is 68.9 cm³/mol. The van der Waals surface area contributed by atoms with Crippen LogP contribution in [0.2, 0.25) is 0 Å². The first kappa shape index (κ1) is 12.9. The summed E-state index contributed by atoms with van der Waals surface area (Å²) < 4.78 is 5.39. The van der Waals surface area contributed by atoms with Crippen molar-refractivity contribution in [3.63, 3.8) is 0 Å². The average Bonchev–Trinajstić information content (AvgIpc) is 2.83. The molecular weight excluding hydrogens is 230 g/mol. The Morgan fingerprint density at radius 3 is 3.06 bits per heavy atom. The van der Waals surface area contributed by atoms with Crippen molar-refractivity contribution < 1.29 is 14.6 Å². The molecule has 0 radical (unpaired) electrons. The van der Waals surface area contributed by atoms with E-state index < -0.39 is 5.60 Å². The molecule has 1 aromatic carbocycles. The van der Waals surface area contributed by atoms with E-state index in [0.717, 1.165) is 17.7 Å². The number of aliphatic hydroxyl groups is 1. The van der Waals surface area contributed by atoms with Gasteiger partial charge in [0.15, 0.2) is 0 Å². The van der Waals surface area contributed by atoms with Crippen LogP contribution in [-0.2, 0) is 6.42 Å². The largest absolute Gasteiger partial charge is 0.493 e. The number of carbonyl (C=O) groups is 1. The van der Waals surface area contributed by atoms with E-state index in [4.69, 9.17) is 4.74 Å². The van der Waals surface area contributed by atoms with Crippen molar-refractivity contribution in [3.05, 3.63) is 29.3 Å². The fourth-order valence-corrected chi connectivity index (χ4v) is 1.83. The zero-order valence-electron chi connectivity index (χ0n) is 10.8. The van der Waals surface area contributed by atoms with Crippen molar-refractivity contribution in [1.29, 1.82) is 0 Å². The number of benzene rings is 1.